The molecule has 0 aromatic heterocycles. The van der Waals surface area contributed by atoms with Crippen molar-refractivity contribution < 1.29 is 9.59 Å². The fourth-order valence-electron chi connectivity index (χ4n) is 3.45. The summed E-state index contributed by atoms with van der Waals surface area (Å²) in [6.45, 7) is 5.19. The smallest absolute Gasteiger partial charge is 0.315 e. The van der Waals surface area contributed by atoms with Crippen molar-refractivity contribution in [3.8, 4) is 0 Å². The topological polar surface area (TPSA) is 87.5 Å². The molecule has 25 heavy (non-hydrogen) atoms. The lowest BCUT2D eigenvalue weighted by atomic mass is 9.97. The predicted octanol–water partition coefficient (Wildman–Crippen LogP) is 1.59. The van der Waals surface area contributed by atoms with Gasteiger partial charge in [-0.15, -0.1) is 0 Å². The molecule has 4 N–H and O–H groups in total. The van der Waals surface area contributed by atoms with E-state index in [1.165, 1.54) is 5.56 Å². The molecule has 0 bridgehead atoms. The monoisotopic (exact) mass is 344 g/mol. The van der Waals surface area contributed by atoms with Gasteiger partial charge in [0.2, 0.25) is 5.91 Å². The molecule has 1 saturated carbocycles. The third-order valence-corrected chi connectivity index (χ3v) is 5.18. The van der Waals surface area contributed by atoms with Crippen LogP contribution in [0.1, 0.15) is 37.3 Å². The van der Waals surface area contributed by atoms with Gasteiger partial charge in [0.1, 0.15) is 0 Å². The van der Waals surface area contributed by atoms with E-state index in [0.717, 1.165) is 44.5 Å². The van der Waals surface area contributed by atoms with E-state index in [1.807, 2.05) is 12.1 Å². The van der Waals surface area contributed by atoms with Crippen LogP contribution in [0.25, 0.3) is 0 Å². The Bertz CT molecular complexity index is 634. The van der Waals surface area contributed by atoms with Crippen LogP contribution < -0.4 is 16.4 Å². The van der Waals surface area contributed by atoms with Crippen molar-refractivity contribution in [2.45, 2.75) is 45.3 Å². The Labute approximate surface area is 149 Å². The van der Waals surface area contributed by atoms with Crippen molar-refractivity contribution in [1.29, 1.82) is 0 Å². The highest BCUT2D eigenvalue weighted by atomic mass is 16.2. The minimum atomic E-state index is -0.196. The molecule has 3 rings (SSSR count). The van der Waals surface area contributed by atoms with Crippen LogP contribution in [0.2, 0.25) is 0 Å². The molecule has 1 aromatic rings. The fraction of sp³-hybridized carbons (Fsp3) is 0.579. The van der Waals surface area contributed by atoms with Crippen LogP contribution in [0.3, 0.4) is 0 Å². The average Bonchev–Trinajstić information content (AvgIpc) is 3.28. The predicted molar refractivity (Wildman–Crippen MR) is 96.6 cm³/mol. The molecule has 0 spiro atoms. The number of rotatable bonds is 6. The third-order valence-electron chi connectivity index (χ3n) is 5.18. The van der Waals surface area contributed by atoms with E-state index in [0.29, 0.717) is 18.5 Å². The molecule has 1 aliphatic heterocycles. The highest BCUT2D eigenvalue weighted by Gasteiger charge is 2.33. The van der Waals surface area contributed by atoms with E-state index in [9.17, 15) is 9.59 Å². The zero-order valence-corrected chi connectivity index (χ0v) is 14.8. The summed E-state index contributed by atoms with van der Waals surface area (Å²) in [5.74, 6) is 0.369. The van der Waals surface area contributed by atoms with Gasteiger partial charge in [0.25, 0.3) is 0 Å². The maximum atomic E-state index is 11.8. The lowest BCUT2D eigenvalue weighted by Gasteiger charge is -2.31. The standard InChI is InChI=1S/C19H28N4O2/c1-13-8-17(13)22-19(25)21-10-14-4-2-5-15(9-14)11-23-7-3-6-16(12-23)18(20)24/h2,4-5,9,13,16-17H,3,6-8,10-12H2,1H3,(H2,20,24)(H2,21,22,25)/t13-,16+,17+/m1/s1. The number of carbonyl (C=O) groups excluding carboxylic acids is 2. The van der Waals surface area contributed by atoms with Gasteiger partial charge in [-0.05, 0) is 42.9 Å². The Balaban J connectivity index is 1.49. The summed E-state index contributed by atoms with van der Waals surface area (Å²) in [6, 6.07) is 8.48. The van der Waals surface area contributed by atoms with E-state index < -0.39 is 0 Å². The Morgan fingerprint density at radius 2 is 2.08 bits per heavy atom. The van der Waals surface area contributed by atoms with E-state index in [4.69, 9.17) is 5.73 Å². The molecule has 2 aliphatic rings. The lowest BCUT2D eigenvalue weighted by molar-refractivity contribution is -0.123. The number of piperidine rings is 1. The number of benzene rings is 1. The molecule has 1 saturated heterocycles. The summed E-state index contributed by atoms with van der Waals surface area (Å²) in [4.78, 5) is 25.5. The zero-order chi connectivity index (χ0) is 17.8. The first kappa shape index (κ1) is 17.7. The number of nitrogens with two attached hydrogens (primary N) is 1. The van der Waals surface area contributed by atoms with Gasteiger partial charge in [-0.25, -0.2) is 4.79 Å². The van der Waals surface area contributed by atoms with E-state index in [-0.39, 0.29) is 17.9 Å². The second kappa shape index (κ2) is 7.87. The van der Waals surface area contributed by atoms with Crippen molar-refractivity contribution in [1.82, 2.24) is 15.5 Å². The molecule has 2 fully saturated rings. The van der Waals surface area contributed by atoms with Crippen LogP contribution in [0.5, 0.6) is 0 Å². The molecule has 1 aromatic carbocycles. The molecule has 0 radical (unpaired) electrons. The summed E-state index contributed by atoms with van der Waals surface area (Å²) in [5.41, 5.74) is 7.73. The molecule has 136 valence electrons. The van der Waals surface area contributed by atoms with Crippen molar-refractivity contribution in [2.75, 3.05) is 13.1 Å². The van der Waals surface area contributed by atoms with Gasteiger partial charge in [-0.2, -0.15) is 0 Å². The number of hydrogen-bond acceptors (Lipinski definition) is 3. The van der Waals surface area contributed by atoms with Gasteiger partial charge in [0.05, 0.1) is 5.92 Å². The number of nitrogens with zero attached hydrogens (tertiary/aromatic N) is 1. The fourth-order valence-corrected chi connectivity index (χ4v) is 3.45. The van der Waals surface area contributed by atoms with Crippen molar-refractivity contribution >= 4 is 11.9 Å². The second-order valence-electron chi connectivity index (χ2n) is 7.44. The third kappa shape index (κ3) is 5.19. The van der Waals surface area contributed by atoms with E-state index in [2.05, 4.69) is 34.6 Å². The van der Waals surface area contributed by atoms with Gasteiger partial charge in [-0.3, -0.25) is 9.69 Å². The molecule has 6 heteroatoms. The number of urea groups is 1. The number of amides is 3. The van der Waals surface area contributed by atoms with Crippen molar-refractivity contribution in [3.05, 3.63) is 35.4 Å². The first-order valence-electron chi connectivity index (χ1n) is 9.15. The quantitative estimate of drug-likeness (QED) is 0.732. The molecule has 1 heterocycles. The van der Waals surface area contributed by atoms with Crippen LogP contribution in [-0.4, -0.2) is 36.0 Å². The second-order valence-corrected chi connectivity index (χ2v) is 7.44. The Kier molecular flexibility index (Phi) is 5.58. The minimum Gasteiger partial charge on any atom is -0.369 e. The molecule has 3 amide bonds. The maximum absolute atomic E-state index is 11.8. The number of hydrogen-bond donors (Lipinski definition) is 3. The number of likely N-dealkylation sites (tertiary alicyclic amines) is 1. The van der Waals surface area contributed by atoms with Gasteiger partial charge >= 0.3 is 6.03 Å². The van der Waals surface area contributed by atoms with Crippen molar-refractivity contribution in [2.24, 2.45) is 17.6 Å². The van der Waals surface area contributed by atoms with Crippen LogP contribution in [-0.2, 0) is 17.9 Å². The van der Waals surface area contributed by atoms with E-state index in [1.54, 1.807) is 0 Å². The molecular weight excluding hydrogens is 316 g/mol. The molecule has 1 aliphatic carbocycles. The first-order valence-corrected chi connectivity index (χ1v) is 9.15. The normalized spacial score (nSPS) is 26.0. The Morgan fingerprint density at radius 3 is 2.80 bits per heavy atom. The summed E-state index contributed by atoms with van der Waals surface area (Å²) in [7, 11) is 0. The molecule has 3 atom stereocenters. The minimum absolute atomic E-state index is 0.0351. The highest BCUT2D eigenvalue weighted by Crippen LogP contribution is 2.28. The van der Waals surface area contributed by atoms with Gasteiger partial charge in [0.15, 0.2) is 0 Å². The first-order chi connectivity index (χ1) is 12.0. The van der Waals surface area contributed by atoms with Gasteiger partial charge in [-0.1, -0.05) is 31.2 Å². The van der Waals surface area contributed by atoms with Crippen molar-refractivity contribution in [3.63, 3.8) is 0 Å². The summed E-state index contributed by atoms with van der Waals surface area (Å²) in [6.07, 6.45) is 2.98. The van der Waals surface area contributed by atoms with Crippen LogP contribution >= 0.6 is 0 Å². The van der Waals surface area contributed by atoms with Crippen LogP contribution in [0.15, 0.2) is 24.3 Å². The zero-order valence-electron chi connectivity index (χ0n) is 14.8. The SMILES string of the molecule is C[C@@H]1C[C@@H]1NC(=O)NCc1cccc(CN2CCC[C@H](C(N)=O)C2)c1. The average molecular weight is 344 g/mol. The number of nitrogens with one attached hydrogen (secondary N) is 2. The summed E-state index contributed by atoms with van der Waals surface area (Å²) >= 11 is 0. The number of primary amides is 1. The molecule has 6 nitrogen and oxygen atoms in total. The summed E-state index contributed by atoms with van der Waals surface area (Å²) < 4.78 is 0. The van der Waals surface area contributed by atoms with Crippen LogP contribution in [0, 0.1) is 11.8 Å². The Hall–Kier alpha value is -2.08. The van der Waals surface area contributed by atoms with Crippen LogP contribution in [0.4, 0.5) is 4.79 Å². The largest absolute Gasteiger partial charge is 0.369 e. The molecule has 0 unspecified atom stereocenters. The molecular formula is C19H28N4O2. The number of carbonyl (C=O) groups is 2. The Morgan fingerprint density at radius 1 is 1.32 bits per heavy atom. The lowest BCUT2D eigenvalue weighted by Crippen LogP contribution is -2.40. The maximum Gasteiger partial charge on any atom is 0.315 e. The van der Waals surface area contributed by atoms with E-state index >= 15 is 0 Å². The van der Waals surface area contributed by atoms with Gasteiger partial charge in [0, 0.05) is 25.7 Å². The van der Waals surface area contributed by atoms with Gasteiger partial charge < -0.3 is 16.4 Å². The summed E-state index contributed by atoms with van der Waals surface area (Å²) in [5, 5.41) is 5.89. The highest BCUT2D eigenvalue weighted by molar-refractivity contribution is 5.77.